The molecule has 9 heteroatoms. The van der Waals surface area contributed by atoms with Crippen molar-refractivity contribution in [3.05, 3.63) is 65.6 Å². The van der Waals surface area contributed by atoms with Crippen LogP contribution in [-0.2, 0) is 17.5 Å². The molecule has 2 heterocycles. The number of aromatic amines is 1. The number of halogens is 3. The largest absolute Gasteiger partial charge is 0.449 e. The second-order valence-corrected chi connectivity index (χ2v) is 6.51. The van der Waals surface area contributed by atoms with Crippen LogP contribution in [0.5, 0.6) is 0 Å². The Kier molecular flexibility index (Phi) is 4.57. The first-order chi connectivity index (χ1) is 13.8. The number of nitrogens with zero attached hydrogens (tertiary/aromatic N) is 3. The minimum Gasteiger partial charge on any atom is -0.358 e. The van der Waals surface area contributed by atoms with E-state index < -0.39 is 24.5 Å². The lowest BCUT2D eigenvalue weighted by atomic mass is 10.1. The van der Waals surface area contributed by atoms with Gasteiger partial charge in [0.2, 0.25) is 5.82 Å². The number of fused-ring (bicyclic) bond motifs is 2. The van der Waals surface area contributed by atoms with Crippen LogP contribution < -0.4 is 5.43 Å². The van der Waals surface area contributed by atoms with Gasteiger partial charge in [-0.2, -0.15) is 18.3 Å². The van der Waals surface area contributed by atoms with Crippen LogP contribution in [-0.4, -0.2) is 26.7 Å². The third-order valence-corrected chi connectivity index (χ3v) is 4.54. The molecule has 0 saturated heterocycles. The monoisotopic (exact) mass is 399 g/mol. The van der Waals surface area contributed by atoms with Crippen LogP contribution in [0, 0.1) is 6.92 Å². The van der Waals surface area contributed by atoms with Crippen molar-refractivity contribution in [1.29, 1.82) is 0 Å². The van der Waals surface area contributed by atoms with Crippen LogP contribution >= 0.6 is 0 Å². The van der Waals surface area contributed by atoms with E-state index in [1.165, 1.54) is 18.3 Å². The highest BCUT2D eigenvalue weighted by Gasteiger charge is 2.37. The molecule has 0 spiro atoms. The lowest BCUT2D eigenvalue weighted by Crippen LogP contribution is -2.26. The number of rotatable bonds is 4. The van der Waals surface area contributed by atoms with Crippen LogP contribution in [0.4, 0.5) is 13.2 Å². The third kappa shape index (κ3) is 3.58. The van der Waals surface area contributed by atoms with E-state index in [1.807, 2.05) is 31.2 Å². The standard InChI is InChI=1S/C20H16F3N5O/c1-12-14(13-6-2-3-7-15(13)25-12)10-24-27-18(29)11-28-17-9-5-4-8-16(17)26-19(28)20(21,22)23/h2-10,25H,11H2,1H3,(H,27,29). The van der Waals surface area contributed by atoms with Gasteiger partial charge >= 0.3 is 6.18 Å². The minimum absolute atomic E-state index is 0.172. The zero-order valence-electron chi connectivity index (χ0n) is 15.3. The quantitative estimate of drug-likeness (QED) is 0.402. The number of carbonyl (C=O) groups excluding carboxylic acids is 1. The first-order valence-electron chi connectivity index (χ1n) is 8.76. The molecule has 29 heavy (non-hydrogen) atoms. The Morgan fingerprint density at radius 2 is 1.93 bits per heavy atom. The van der Waals surface area contributed by atoms with Crippen LogP contribution in [0.3, 0.4) is 0 Å². The predicted octanol–water partition coefficient (Wildman–Crippen LogP) is 4.00. The van der Waals surface area contributed by atoms with Crippen LogP contribution in [0.1, 0.15) is 17.1 Å². The molecule has 0 saturated carbocycles. The first-order valence-corrected chi connectivity index (χ1v) is 8.76. The maximum atomic E-state index is 13.3. The Balaban J connectivity index is 1.56. The Hall–Kier alpha value is -3.62. The zero-order chi connectivity index (χ0) is 20.6. The lowest BCUT2D eigenvalue weighted by molar-refractivity contribution is -0.147. The van der Waals surface area contributed by atoms with E-state index in [-0.39, 0.29) is 11.0 Å². The number of benzene rings is 2. The van der Waals surface area contributed by atoms with Gasteiger partial charge < -0.3 is 9.55 Å². The van der Waals surface area contributed by atoms with Gasteiger partial charge in [-0.25, -0.2) is 10.4 Å². The van der Waals surface area contributed by atoms with Gasteiger partial charge in [-0.3, -0.25) is 4.79 Å². The smallest absolute Gasteiger partial charge is 0.358 e. The molecule has 0 aliphatic heterocycles. The van der Waals surface area contributed by atoms with Crippen molar-refractivity contribution >= 4 is 34.1 Å². The van der Waals surface area contributed by atoms with Gasteiger partial charge in [0.1, 0.15) is 6.54 Å². The Bertz CT molecular complexity index is 1240. The van der Waals surface area contributed by atoms with Crippen molar-refractivity contribution < 1.29 is 18.0 Å². The molecular formula is C20H16F3N5O. The summed E-state index contributed by atoms with van der Waals surface area (Å²) in [5.74, 6) is -1.81. The molecule has 2 aromatic carbocycles. The van der Waals surface area contributed by atoms with Crippen molar-refractivity contribution in [3.8, 4) is 0 Å². The molecule has 0 aliphatic rings. The molecule has 1 amide bonds. The molecule has 0 aliphatic carbocycles. The number of amides is 1. The van der Waals surface area contributed by atoms with Crippen LogP contribution in [0.25, 0.3) is 21.9 Å². The van der Waals surface area contributed by atoms with Gasteiger partial charge in [0.25, 0.3) is 5.91 Å². The number of aryl methyl sites for hydroxylation is 1. The van der Waals surface area contributed by atoms with Crippen molar-refractivity contribution in [2.75, 3.05) is 0 Å². The number of imidazole rings is 1. The summed E-state index contributed by atoms with van der Waals surface area (Å²) >= 11 is 0. The number of alkyl halides is 3. The summed E-state index contributed by atoms with van der Waals surface area (Å²) in [6, 6.07) is 13.8. The highest BCUT2D eigenvalue weighted by Crippen LogP contribution is 2.31. The Labute approximate surface area is 163 Å². The molecule has 2 aromatic heterocycles. The summed E-state index contributed by atoms with van der Waals surface area (Å²) in [4.78, 5) is 19.1. The SMILES string of the molecule is Cc1[nH]c2ccccc2c1C=NNC(=O)Cn1c(C(F)(F)F)nc2ccccc21. The van der Waals surface area contributed by atoms with E-state index in [0.717, 1.165) is 26.7 Å². The molecule has 2 N–H and O–H groups in total. The van der Waals surface area contributed by atoms with E-state index in [1.54, 1.807) is 12.1 Å². The molecular weight excluding hydrogens is 383 g/mol. The number of hydrogen-bond acceptors (Lipinski definition) is 3. The number of para-hydroxylation sites is 3. The van der Waals surface area contributed by atoms with Gasteiger partial charge in [0.05, 0.1) is 17.2 Å². The maximum absolute atomic E-state index is 13.3. The number of nitrogens with one attached hydrogen (secondary N) is 2. The van der Waals surface area contributed by atoms with Crippen molar-refractivity contribution in [2.45, 2.75) is 19.6 Å². The van der Waals surface area contributed by atoms with Crippen molar-refractivity contribution in [1.82, 2.24) is 20.0 Å². The minimum atomic E-state index is -4.68. The molecule has 0 bridgehead atoms. The van der Waals surface area contributed by atoms with Crippen molar-refractivity contribution in [2.24, 2.45) is 5.10 Å². The Morgan fingerprint density at radius 1 is 1.21 bits per heavy atom. The normalized spacial score (nSPS) is 12.3. The van der Waals surface area contributed by atoms with E-state index in [0.29, 0.717) is 0 Å². The first kappa shape index (κ1) is 18.7. The van der Waals surface area contributed by atoms with Gasteiger partial charge in [0, 0.05) is 22.2 Å². The summed E-state index contributed by atoms with van der Waals surface area (Å²) < 4.78 is 40.8. The maximum Gasteiger partial charge on any atom is 0.449 e. The summed E-state index contributed by atoms with van der Waals surface area (Å²) in [7, 11) is 0. The Morgan fingerprint density at radius 3 is 2.72 bits per heavy atom. The van der Waals surface area contributed by atoms with E-state index in [2.05, 4.69) is 20.5 Å². The fourth-order valence-electron chi connectivity index (χ4n) is 3.26. The van der Waals surface area contributed by atoms with Crippen molar-refractivity contribution in [3.63, 3.8) is 0 Å². The van der Waals surface area contributed by atoms with Crippen LogP contribution in [0.2, 0.25) is 0 Å². The molecule has 0 fully saturated rings. The summed E-state index contributed by atoms with van der Waals surface area (Å²) in [6.45, 7) is 1.32. The lowest BCUT2D eigenvalue weighted by Gasteiger charge is -2.10. The van der Waals surface area contributed by atoms with Gasteiger partial charge in [-0.1, -0.05) is 30.3 Å². The fourth-order valence-corrected chi connectivity index (χ4v) is 3.26. The summed E-state index contributed by atoms with van der Waals surface area (Å²) in [6.07, 6.45) is -3.20. The number of hydrogen-bond donors (Lipinski definition) is 2. The number of hydrazone groups is 1. The molecule has 0 atom stereocenters. The van der Waals surface area contributed by atoms with Crippen LogP contribution in [0.15, 0.2) is 53.6 Å². The predicted molar refractivity (Wildman–Crippen MR) is 104 cm³/mol. The summed E-state index contributed by atoms with van der Waals surface area (Å²) in [5.41, 5.74) is 5.28. The average molecular weight is 399 g/mol. The van der Waals surface area contributed by atoms with E-state index >= 15 is 0 Å². The fraction of sp³-hybridized carbons (Fsp3) is 0.150. The molecule has 4 aromatic rings. The van der Waals surface area contributed by atoms with E-state index in [9.17, 15) is 18.0 Å². The van der Waals surface area contributed by atoms with Gasteiger partial charge in [-0.05, 0) is 25.1 Å². The van der Waals surface area contributed by atoms with Gasteiger partial charge in [-0.15, -0.1) is 0 Å². The topological polar surface area (TPSA) is 75.1 Å². The number of carbonyl (C=O) groups is 1. The third-order valence-electron chi connectivity index (χ3n) is 4.54. The second kappa shape index (κ2) is 7.08. The average Bonchev–Trinajstić information content (AvgIpc) is 3.20. The molecule has 0 radical (unpaired) electrons. The van der Waals surface area contributed by atoms with E-state index in [4.69, 9.17) is 0 Å². The van der Waals surface area contributed by atoms with Gasteiger partial charge in [0.15, 0.2) is 0 Å². The molecule has 0 unspecified atom stereocenters. The number of aromatic nitrogens is 3. The summed E-state index contributed by atoms with van der Waals surface area (Å²) in [5, 5.41) is 4.85. The molecule has 6 nitrogen and oxygen atoms in total. The molecule has 148 valence electrons. The number of H-pyrrole nitrogens is 1. The zero-order valence-corrected chi connectivity index (χ0v) is 15.3. The molecule has 4 rings (SSSR count). The second-order valence-electron chi connectivity index (χ2n) is 6.51. The highest BCUT2D eigenvalue weighted by molar-refractivity contribution is 6.00. The highest BCUT2D eigenvalue weighted by atomic mass is 19.4.